The van der Waals surface area contributed by atoms with Gasteiger partial charge in [0.15, 0.2) is 0 Å². The lowest BCUT2D eigenvalue weighted by Crippen LogP contribution is -2.42. The smallest absolute Gasteiger partial charge is 0.379 e. The SMILES string of the molecule is CCOC(=O)C(F)(F)[C@@H](N)c1ccc(C)cc1C.Cl. The van der Waals surface area contributed by atoms with Crippen molar-refractivity contribution >= 4 is 18.4 Å². The highest BCUT2D eigenvalue weighted by Crippen LogP contribution is 2.32. The van der Waals surface area contributed by atoms with Crippen molar-refractivity contribution in [3.63, 3.8) is 0 Å². The van der Waals surface area contributed by atoms with Crippen LogP contribution in [0.3, 0.4) is 0 Å². The molecule has 0 aliphatic carbocycles. The Morgan fingerprint density at radius 1 is 1.42 bits per heavy atom. The van der Waals surface area contributed by atoms with Crippen molar-refractivity contribution in [1.82, 2.24) is 0 Å². The second-order valence-corrected chi connectivity index (χ2v) is 4.18. The van der Waals surface area contributed by atoms with Gasteiger partial charge in [-0.05, 0) is 31.9 Å². The van der Waals surface area contributed by atoms with E-state index in [9.17, 15) is 13.6 Å². The number of hydrogen-bond acceptors (Lipinski definition) is 3. The molecule has 0 saturated heterocycles. The van der Waals surface area contributed by atoms with Crippen LogP contribution in [0.2, 0.25) is 0 Å². The summed E-state index contributed by atoms with van der Waals surface area (Å²) in [6, 6.07) is 3.25. The summed E-state index contributed by atoms with van der Waals surface area (Å²) in [5.41, 5.74) is 7.33. The lowest BCUT2D eigenvalue weighted by Gasteiger charge is -2.23. The fraction of sp³-hybridized carbons (Fsp3) is 0.462. The zero-order valence-corrected chi connectivity index (χ0v) is 11.9. The van der Waals surface area contributed by atoms with Crippen molar-refractivity contribution < 1.29 is 18.3 Å². The third-order valence-corrected chi connectivity index (χ3v) is 2.70. The van der Waals surface area contributed by atoms with Gasteiger partial charge in [-0.1, -0.05) is 23.8 Å². The summed E-state index contributed by atoms with van der Waals surface area (Å²) in [5.74, 6) is -5.31. The second-order valence-electron chi connectivity index (χ2n) is 4.18. The van der Waals surface area contributed by atoms with E-state index in [4.69, 9.17) is 5.73 Å². The van der Waals surface area contributed by atoms with E-state index in [1.165, 1.54) is 13.0 Å². The number of benzene rings is 1. The van der Waals surface area contributed by atoms with Crippen LogP contribution in [0, 0.1) is 13.8 Å². The van der Waals surface area contributed by atoms with Crippen molar-refractivity contribution in [2.75, 3.05) is 6.61 Å². The highest BCUT2D eigenvalue weighted by atomic mass is 35.5. The van der Waals surface area contributed by atoms with Crippen LogP contribution in [0.4, 0.5) is 8.78 Å². The van der Waals surface area contributed by atoms with E-state index >= 15 is 0 Å². The molecule has 0 saturated carbocycles. The highest BCUT2D eigenvalue weighted by molar-refractivity contribution is 5.85. The number of hydrogen-bond donors (Lipinski definition) is 1. The number of esters is 1. The molecule has 6 heteroatoms. The third kappa shape index (κ3) is 3.88. The van der Waals surface area contributed by atoms with E-state index in [1.54, 1.807) is 19.1 Å². The Kier molecular flexibility index (Phi) is 6.39. The van der Waals surface area contributed by atoms with E-state index in [1.807, 2.05) is 6.92 Å². The molecule has 1 aromatic carbocycles. The molecule has 2 N–H and O–H groups in total. The summed E-state index contributed by atoms with van der Waals surface area (Å²) in [6.07, 6.45) is 0. The van der Waals surface area contributed by atoms with Gasteiger partial charge in [-0.3, -0.25) is 0 Å². The van der Waals surface area contributed by atoms with E-state index in [0.29, 0.717) is 5.56 Å². The van der Waals surface area contributed by atoms with E-state index in [0.717, 1.165) is 5.56 Å². The molecule has 0 amide bonds. The summed E-state index contributed by atoms with van der Waals surface area (Å²) in [7, 11) is 0. The molecule has 0 heterocycles. The van der Waals surface area contributed by atoms with Crippen LogP contribution in [0.5, 0.6) is 0 Å². The Bertz CT molecular complexity index is 452. The zero-order valence-electron chi connectivity index (χ0n) is 11.1. The van der Waals surface area contributed by atoms with Crippen LogP contribution in [-0.2, 0) is 9.53 Å². The van der Waals surface area contributed by atoms with Crippen LogP contribution in [0.25, 0.3) is 0 Å². The van der Waals surface area contributed by atoms with Gasteiger partial charge in [-0.25, -0.2) is 4.79 Å². The van der Waals surface area contributed by atoms with Gasteiger partial charge < -0.3 is 10.5 Å². The van der Waals surface area contributed by atoms with Crippen LogP contribution in [-0.4, -0.2) is 18.5 Å². The summed E-state index contributed by atoms with van der Waals surface area (Å²) >= 11 is 0. The quantitative estimate of drug-likeness (QED) is 0.869. The normalized spacial score (nSPS) is 12.5. The predicted molar refractivity (Wildman–Crippen MR) is 71.7 cm³/mol. The monoisotopic (exact) mass is 293 g/mol. The van der Waals surface area contributed by atoms with Gasteiger partial charge in [0.1, 0.15) is 6.04 Å². The lowest BCUT2D eigenvalue weighted by atomic mass is 9.95. The van der Waals surface area contributed by atoms with Crippen molar-refractivity contribution in [3.05, 3.63) is 34.9 Å². The van der Waals surface area contributed by atoms with Gasteiger partial charge in [0, 0.05) is 0 Å². The Morgan fingerprint density at radius 3 is 2.47 bits per heavy atom. The molecule has 0 aromatic heterocycles. The molecule has 19 heavy (non-hydrogen) atoms. The van der Waals surface area contributed by atoms with Crippen molar-refractivity contribution in [2.45, 2.75) is 32.7 Å². The summed E-state index contributed by atoms with van der Waals surface area (Å²) in [4.78, 5) is 11.2. The van der Waals surface area contributed by atoms with Crippen molar-refractivity contribution in [1.29, 1.82) is 0 Å². The van der Waals surface area contributed by atoms with Crippen LogP contribution >= 0.6 is 12.4 Å². The number of carbonyl (C=O) groups excluding carboxylic acids is 1. The minimum absolute atomic E-state index is 0. The first-order valence-corrected chi connectivity index (χ1v) is 5.68. The van der Waals surface area contributed by atoms with Crippen LogP contribution in [0.1, 0.15) is 29.7 Å². The average molecular weight is 294 g/mol. The molecule has 0 unspecified atom stereocenters. The number of halogens is 3. The van der Waals surface area contributed by atoms with Crippen molar-refractivity contribution in [2.24, 2.45) is 5.73 Å². The fourth-order valence-corrected chi connectivity index (χ4v) is 1.72. The number of alkyl halides is 2. The predicted octanol–water partition coefficient (Wildman–Crippen LogP) is 2.92. The van der Waals surface area contributed by atoms with Gasteiger partial charge in [0.2, 0.25) is 0 Å². The first kappa shape index (κ1) is 17.8. The van der Waals surface area contributed by atoms with Crippen LogP contribution in [0.15, 0.2) is 18.2 Å². The average Bonchev–Trinajstić information content (AvgIpc) is 2.28. The summed E-state index contributed by atoms with van der Waals surface area (Å²) < 4.78 is 31.9. The maximum Gasteiger partial charge on any atom is 0.379 e. The number of carbonyl (C=O) groups is 1. The molecular weight excluding hydrogens is 276 g/mol. The maximum absolute atomic E-state index is 13.8. The molecule has 0 aliphatic heterocycles. The molecule has 0 spiro atoms. The molecule has 1 atom stereocenters. The highest BCUT2D eigenvalue weighted by Gasteiger charge is 2.48. The maximum atomic E-state index is 13.8. The number of aryl methyl sites for hydroxylation is 2. The van der Waals surface area contributed by atoms with Gasteiger partial charge >= 0.3 is 11.9 Å². The molecule has 1 rings (SSSR count). The first-order valence-electron chi connectivity index (χ1n) is 5.68. The van der Waals surface area contributed by atoms with E-state index in [-0.39, 0.29) is 24.6 Å². The standard InChI is InChI=1S/C13H17F2NO2.ClH/c1-4-18-12(17)13(14,15)11(16)10-6-5-8(2)7-9(10)3;/h5-7,11H,4,16H2,1-3H3;1H/t11-;/m0./s1. The van der Waals surface area contributed by atoms with Gasteiger partial charge in [0.05, 0.1) is 6.61 Å². The zero-order chi connectivity index (χ0) is 13.9. The van der Waals surface area contributed by atoms with E-state index in [2.05, 4.69) is 4.74 Å². The minimum atomic E-state index is -3.73. The molecule has 0 bridgehead atoms. The molecule has 108 valence electrons. The minimum Gasteiger partial charge on any atom is -0.462 e. The Morgan fingerprint density at radius 2 is 2.00 bits per heavy atom. The molecule has 1 aromatic rings. The topological polar surface area (TPSA) is 52.3 Å². The van der Waals surface area contributed by atoms with Gasteiger partial charge in [-0.2, -0.15) is 8.78 Å². The molecular formula is C13H18ClF2NO2. The lowest BCUT2D eigenvalue weighted by molar-refractivity contribution is -0.174. The van der Waals surface area contributed by atoms with E-state index < -0.39 is 17.9 Å². The Labute approximate surface area is 117 Å². The van der Waals surface area contributed by atoms with Gasteiger partial charge in [-0.15, -0.1) is 12.4 Å². The first-order chi connectivity index (χ1) is 8.30. The molecule has 0 fully saturated rings. The molecule has 0 aliphatic rings. The largest absolute Gasteiger partial charge is 0.462 e. The molecule has 0 radical (unpaired) electrons. The number of ether oxygens (including phenoxy) is 1. The van der Waals surface area contributed by atoms with Crippen LogP contribution < -0.4 is 5.73 Å². The van der Waals surface area contributed by atoms with Crippen molar-refractivity contribution in [3.8, 4) is 0 Å². The number of rotatable bonds is 4. The fourth-order valence-electron chi connectivity index (χ4n) is 1.72. The molecule has 3 nitrogen and oxygen atoms in total. The summed E-state index contributed by atoms with van der Waals surface area (Å²) in [5, 5.41) is 0. The Hall–Kier alpha value is -1.20. The van der Waals surface area contributed by atoms with Gasteiger partial charge in [0.25, 0.3) is 0 Å². The number of nitrogens with two attached hydrogens (primary N) is 1. The summed E-state index contributed by atoms with van der Waals surface area (Å²) in [6.45, 7) is 4.90. The third-order valence-electron chi connectivity index (χ3n) is 2.70. The second kappa shape index (κ2) is 6.82. The Balaban J connectivity index is 0.00000324.